The molecule has 1 aromatic heterocycles. The van der Waals surface area contributed by atoms with E-state index in [0.29, 0.717) is 5.56 Å². The van der Waals surface area contributed by atoms with Gasteiger partial charge in [0, 0.05) is 16.7 Å². The Bertz CT molecular complexity index is 1160. The SMILES string of the molecule is CCc1cc(C(C)C(CC)c2cc3cc(C(=O)OC)ccc3o2)ccc1OCC(=O)C(C)(C)C. The van der Waals surface area contributed by atoms with Gasteiger partial charge in [-0.3, -0.25) is 4.79 Å². The quantitative estimate of drug-likeness (QED) is 0.317. The van der Waals surface area contributed by atoms with E-state index in [9.17, 15) is 9.59 Å². The number of Topliss-reactive ketones (excluding diaryl/α,β-unsaturated/α-hetero) is 1. The molecular weight excluding hydrogens is 428 g/mol. The minimum atomic E-state index is -0.417. The number of benzene rings is 2. The first-order valence-corrected chi connectivity index (χ1v) is 12.0. The highest BCUT2D eigenvalue weighted by Gasteiger charge is 2.25. The fourth-order valence-electron chi connectivity index (χ4n) is 4.18. The van der Waals surface area contributed by atoms with Gasteiger partial charge in [0.2, 0.25) is 0 Å². The van der Waals surface area contributed by atoms with E-state index < -0.39 is 5.41 Å². The van der Waals surface area contributed by atoms with Crippen molar-refractivity contribution in [3.63, 3.8) is 0 Å². The highest BCUT2D eigenvalue weighted by molar-refractivity contribution is 5.94. The van der Waals surface area contributed by atoms with Crippen LogP contribution in [0.5, 0.6) is 5.75 Å². The van der Waals surface area contributed by atoms with Crippen molar-refractivity contribution < 1.29 is 23.5 Å². The van der Waals surface area contributed by atoms with Crippen molar-refractivity contribution in [3.8, 4) is 5.75 Å². The first-order valence-electron chi connectivity index (χ1n) is 12.0. The van der Waals surface area contributed by atoms with Gasteiger partial charge in [-0.1, -0.05) is 53.7 Å². The van der Waals surface area contributed by atoms with Crippen LogP contribution in [-0.4, -0.2) is 25.5 Å². The normalized spacial score (nSPS) is 13.5. The highest BCUT2D eigenvalue weighted by Crippen LogP contribution is 2.39. The van der Waals surface area contributed by atoms with Crippen LogP contribution in [0.1, 0.15) is 87.0 Å². The molecule has 0 radical (unpaired) electrons. The van der Waals surface area contributed by atoms with E-state index in [0.717, 1.165) is 40.9 Å². The Balaban J connectivity index is 1.84. The summed E-state index contributed by atoms with van der Waals surface area (Å²) in [6.07, 6.45) is 1.72. The molecule has 5 heteroatoms. The third-order valence-corrected chi connectivity index (χ3v) is 6.55. The van der Waals surface area contributed by atoms with Crippen molar-refractivity contribution in [3.05, 3.63) is 64.9 Å². The average Bonchev–Trinajstić information content (AvgIpc) is 3.24. The second-order valence-corrected chi connectivity index (χ2v) is 9.88. The predicted molar refractivity (Wildman–Crippen MR) is 135 cm³/mol. The lowest BCUT2D eigenvalue weighted by atomic mass is 9.83. The molecule has 0 fully saturated rings. The maximum Gasteiger partial charge on any atom is 0.337 e. The first-order chi connectivity index (χ1) is 16.1. The number of ketones is 1. The zero-order valence-corrected chi connectivity index (χ0v) is 21.4. The number of hydrogen-bond donors (Lipinski definition) is 0. The number of hydrogen-bond acceptors (Lipinski definition) is 5. The van der Waals surface area contributed by atoms with Crippen LogP contribution in [0.4, 0.5) is 0 Å². The van der Waals surface area contributed by atoms with E-state index in [1.54, 1.807) is 6.07 Å². The summed E-state index contributed by atoms with van der Waals surface area (Å²) in [5, 5.41) is 0.894. The van der Waals surface area contributed by atoms with E-state index in [4.69, 9.17) is 13.9 Å². The number of aryl methyl sites for hydroxylation is 1. The van der Waals surface area contributed by atoms with Crippen LogP contribution in [0.15, 0.2) is 46.9 Å². The van der Waals surface area contributed by atoms with Gasteiger partial charge in [0.25, 0.3) is 0 Å². The summed E-state index contributed by atoms with van der Waals surface area (Å²) in [7, 11) is 1.38. The van der Waals surface area contributed by atoms with Crippen LogP contribution in [-0.2, 0) is 16.0 Å². The van der Waals surface area contributed by atoms with Gasteiger partial charge < -0.3 is 13.9 Å². The van der Waals surface area contributed by atoms with E-state index >= 15 is 0 Å². The largest absolute Gasteiger partial charge is 0.486 e. The summed E-state index contributed by atoms with van der Waals surface area (Å²) in [6.45, 7) is 12.3. The number of fused-ring (bicyclic) bond motifs is 1. The standard InChI is InChI=1S/C29H36O5/c1-8-19-14-20(10-12-24(19)33-17-27(30)29(4,5)6)18(3)23(9-2)26-16-22-15-21(28(31)32-7)11-13-25(22)34-26/h10-16,18,23H,8-9,17H2,1-7H3. The Morgan fingerprint density at radius 3 is 2.38 bits per heavy atom. The van der Waals surface area contributed by atoms with Crippen LogP contribution in [0, 0.1) is 5.41 Å². The molecule has 34 heavy (non-hydrogen) atoms. The highest BCUT2D eigenvalue weighted by atomic mass is 16.5. The Morgan fingerprint density at radius 1 is 1.03 bits per heavy atom. The first kappa shape index (κ1) is 25.5. The van der Waals surface area contributed by atoms with Crippen molar-refractivity contribution in [2.75, 3.05) is 13.7 Å². The van der Waals surface area contributed by atoms with Gasteiger partial charge in [-0.25, -0.2) is 4.79 Å². The van der Waals surface area contributed by atoms with Crippen molar-refractivity contribution in [2.24, 2.45) is 5.41 Å². The van der Waals surface area contributed by atoms with Gasteiger partial charge in [0.05, 0.1) is 12.7 Å². The third-order valence-electron chi connectivity index (χ3n) is 6.55. The van der Waals surface area contributed by atoms with Crippen molar-refractivity contribution in [2.45, 2.75) is 66.2 Å². The lowest BCUT2D eigenvalue weighted by Gasteiger charge is -2.23. The monoisotopic (exact) mass is 464 g/mol. The molecule has 0 amide bonds. The van der Waals surface area contributed by atoms with Crippen LogP contribution in [0.25, 0.3) is 11.0 Å². The molecule has 0 aliphatic heterocycles. The maximum atomic E-state index is 12.3. The Kier molecular flexibility index (Phi) is 7.86. The molecule has 0 aliphatic rings. The second kappa shape index (κ2) is 10.5. The fourth-order valence-corrected chi connectivity index (χ4v) is 4.18. The van der Waals surface area contributed by atoms with Crippen LogP contribution >= 0.6 is 0 Å². The minimum Gasteiger partial charge on any atom is -0.486 e. The summed E-state index contributed by atoms with van der Waals surface area (Å²) in [4.78, 5) is 24.2. The molecule has 0 spiro atoms. The topological polar surface area (TPSA) is 65.7 Å². The molecule has 2 unspecified atom stereocenters. The summed E-state index contributed by atoms with van der Waals surface area (Å²) >= 11 is 0. The van der Waals surface area contributed by atoms with Crippen molar-refractivity contribution >= 4 is 22.7 Å². The number of carbonyl (C=O) groups excluding carboxylic acids is 2. The van der Waals surface area contributed by atoms with Crippen molar-refractivity contribution in [1.29, 1.82) is 0 Å². The number of carbonyl (C=O) groups is 2. The van der Waals surface area contributed by atoms with Crippen molar-refractivity contribution in [1.82, 2.24) is 0 Å². The lowest BCUT2D eigenvalue weighted by Crippen LogP contribution is -2.26. The number of esters is 1. The zero-order chi connectivity index (χ0) is 25.0. The van der Waals surface area contributed by atoms with Gasteiger partial charge in [-0.05, 0) is 60.2 Å². The number of rotatable bonds is 9. The number of methoxy groups -OCH3 is 1. The number of furan rings is 1. The molecular formula is C29H36O5. The predicted octanol–water partition coefficient (Wildman–Crippen LogP) is 7.07. The maximum absolute atomic E-state index is 12.3. The van der Waals surface area contributed by atoms with Crippen LogP contribution in [0.3, 0.4) is 0 Å². The zero-order valence-electron chi connectivity index (χ0n) is 21.4. The van der Waals surface area contributed by atoms with E-state index in [-0.39, 0.29) is 30.2 Å². The third kappa shape index (κ3) is 5.52. The molecule has 0 saturated carbocycles. The van der Waals surface area contributed by atoms with E-state index in [1.807, 2.05) is 45.0 Å². The minimum absolute atomic E-state index is 0.0789. The van der Waals surface area contributed by atoms with Crippen LogP contribution in [0.2, 0.25) is 0 Å². The molecule has 1 heterocycles. The van der Waals surface area contributed by atoms with Gasteiger partial charge in [0.1, 0.15) is 23.7 Å². The van der Waals surface area contributed by atoms with Gasteiger partial charge in [-0.15, -0.1) is 0 Å². The molecule has 0 bridgehead atoms. The molecule has 3 aromatic rings. The second-order valence-electron chi connectivity index (χ2n) is 9.88. The molecule has 2 aromatic carbocycles. The van der Waals surface area contributed by atoms with Gasteiger partial charge >= 0.3 is 5.97 Å². The van der Waals surface area contributed by atoms with Crippen LogP contribution < -0.4 is 4.74 Å². The van der Waals surface area contributed by atoms with Gasteiger partial charge in [0.15, 0.2) is 5.78 Å². The number of ether oxygens (including phenoxy) is 2. The Hall–Kier alpha value is -3.08. The smallest absolute Gasteiger partial charge is 0.337 e. The molecule has 0 aliphatic carbocycles. The summed E-state index contributed by atoms with van der Waals surface area (Å²) < 4.78 is 16.9. The summed E-state index contributed by atoms with van der Waals surface area (Å²) in [5.74, 6) is 1.78. The summed E-state index contributed by atoms with van der Waals surface area (Å²) in [6, 6.07) is 13.6. The molecule has 2 atom stereocenters. The van der Waals surface area contributed by atoms with E-state index in [1.165, 1.54) is 12.7 Å². The molecule has 182 valence electrons. The molecule has 5 nitrogen and oxygen atoms in total. The summed E-state index contributed by atoms with van der Waals surface area (Å²) in [5.41, 5.74) is 3.15. The molecule has 0 saturated heterocycles. The molecule has 0 N–H and O–H groups in total. The van der Waals surface area contributed by atoms with Gasteiger partial charge in [-0.2, -0.15) is 0 Å². The van der Waals surface area contributed by atoms with E-state index in [2.05, 4.69) is 32.9 Å². The Labute approximate surface area is 202 Å². The fraction of sp³-hybridized carbons (Fsp3) is 0.448. The molecule has 3 rings (SSSR count). The lowest BCUT2D eigenvalue weighted by molar-refractivity contribution is -0.128. The average molecular weight is 465 g/mol. The Morgan fingerprint density at radius 2 is 1.76 bits per heavy atom.